The van der Waals surface area contributed by atoms with Gasteiger partial charge in [-0.15, -0.1) is 0 Å². The average Bonchev–Trinajstić information content (AvgIpc) is 2.71. The number of rotatable bonds is 6. The zero-order valence-electron chi connectivity index (χ0n) is 11.2. The highest BCUT2D eigenvalue weighted by atomic mass is 16.6. The summed E-state index contributed by atoms with van der Waals surface area (Å²) in [7, 11) is 0. The zero-order valence-corrected chi connectivity index (χ0v) is 11.2. The number of nitrogen functional groups attached to an aromatic ring is 1. The molecule has 106 valence electrons. The Morgan fingerprint density at radius 3 is 2.70 bits per heavy atom. The van der Waals surface area contributed by atoms with Crippen molar-refractivity contribution in [3.05, 3.63) is 46.1 Å². The van der Waals surface area contributed by atoms with Gasteiger partial charge in [0.1, 0.15) is 11.4 Å². The lowest BCUT2D eigenvalue weighted by Crippen LogP contribution is -2.09. The molecule has 1 heterocycles. The maximum atomic E-state index is 10.8. The summed E-state index contributed by atoms with van der Waals surface area (Å²) in [5.74, 6) is 0.885. The first-order valence-corrected chi connectivity index (χ1v) is 6.24. The van der Waals surface area contributed by atoms with Crippen LogP contribution in [0.15, 0.2) is 30.3 Å². The van der Waals surface area contributed by atoms with Crippen LogP contribution in [-0.2, 0) is 6.54 Å². The van der Waals surface area contributed by atoms with Crippen LogP contribution in [0.25, 0.3) is 0 Å². The van der Waals surface area contributed by atoms with Crippen LogP contribution in [-0.4, -0.2) is 21.3 Å². The SMILES string of the molecule is Cc1nn(CCCOc2ccccc2)c(N)c1[N+](=O)[O-]. The summed E-state index contributed by atoms with van der Waals surface area (Å²) in [6.07, 6.45) is 0.664. The third-order valence-corrected chi connectivity index (χ3v) is 2.84. The molecule has 0 atom stereocenters. The summed E-state index contributed by atoms with van der Waals surface area (Å²) in [5.41, 5.74) is 5.93. The number of nitrogens with two attached hydrogens (primary N) is 1. The highest BCUT2D eigenvalue weighted by Gasteiger charge is 2.22. The first kappa shape index (κ1) is 13.9. The van der Waals surface area contributed by atoms with Crippen molar-refractivity contribution in [3.8, 4) is 5.75 Å². The maximum absolute atomic E-state index is 10.8. The van der Waals surface area contributed by atoms with Gasteiger partial charge in [-0.2, -0.15) is 5.10 Å². The summed E-state index contributed by atoms with van der Waals surface area (Å²) in [5, 5.41) is 14.9. The number of nitro groups is 1. The van der Waals surface area contributed by atoms with Crippen molar-refractivity contribution < 1.29 is 9.66 Å². The predicted octanol–water partition coefficient (Wildman–Crippen LogP) is 2.15. The molecule has 2 N–H and O–H groups in total. The largest absolute Gasteiger partial charge is 0.494 e. The number of hydrogen-bond acceptors (Lipinski definition) is 5. The second-order valence-corrected chi connectivity index (χ2v) is 4.31. The fourth-order valence-corrected chi connectivity index (χ4v) is 1.91. The van der Waals surface area contributed by atoms with Gasteiger partial charge in [-0.25, -0.2) is 4.68 Å². The van der Waals surface area contributed by atoms with Crippen molar-refractivity contribution in [2.45, 2.75) is 19.9 Å². The molecule has 0 saturated heterocycles. The molecule has 0 spiro atoms. The van der Waals surface area contributed by atoms with Crippen LogP contribution in [0.3, 0.4) is 0 Å². The van der Waals surface area contributed by atoms with Crippen LogP contribution >= 0.6 is 0 Å². The van der Waals surface area contributed by atoms with Gasteiger partial charge in [0.05, 0.1) is 11.5 Å². The lowest BCUT2D eigenvalue weighted by molar-refractivity contribution is -0.384. The molecule has 0 aliphatic carbocycles. The minimum atomic E-state index is -0.505. The fourth-order valence-electron chi connectivity index (χ4n) is 1.91. The van der Waals surface area contributed by atoms with E-state index < -0.39 is 4.92 Å². The second kappa shape index (κ2) is 6.05. The Labute approximate surface area is 116 Å². The number of nitrogens with zero attached hydrogens (tertiary/aromatic N) is 3. The molecule has 0 saturated carbocycles. The summed E-state index contributed by atoms with van der Waals surface area (Å²) in [6, 6.07) is 9.45. The topological polar surface area (TPSA) is 96.2 Å². The molecule has 0 aliphatic heterocycles. The van der Waals surface area contributed by atoms with E-state index in [2.05, 4.69) is 5.10 Å². The molecule has 1 aromatic carbocycles. The third-order valence-electron chi connectivity index (χ3n) is 2.84. The molecule has 0 fully saturated rings. The van der Waals surface area contributed by atoms with Crippen molar-refractivity contribution in [1.82, 2.24) is 9.78 Å². The lowest BCUT2D eigenvalue weighted by Gasteiger charge is -2.06. The fraction of sp³-hybridized carbons (Fsp3) is 0.308. The van der Waals surface area contributed by atoms with E-state index in [1.807, 2.05) is 30.3 Å². The Morgan fingerprint density at radius 2 is 2.10 bits per heavy atom. The van der Waals surface area contributed by atoms with E-state index in [4.69, 9.17) is 10.5 Å². The predicted molar refractivity (Wildman–Crippen MR) is 74.6 cm³/mol. The third kappa shape index (κ3) is 3.05. The van der Waals surface area contributed by atoms with Crippen molar-refractivity contribution in [1.29, 1.82) is 0 Å². The van der Waals surface area contributed by atoms with Gasteiger partial charge in [0.15, 0.2) is 0 Å². The summed E-state index contributed by atoms with van der Waals surface area (Å²) >= 11 is 0. The molecule has 2 rings (SSSR count). The number of ether oxygens (including phenoxy) is 1. The molecule has 0 radical (unpaired) electrons. The molecule has 0 amide bonds. The molecule has 20 heavy (non-hydrogen) atoms. The van der Waals surface area contributed by atoms with Gasteiger partial charge in [0.25, 0.3) is 0 Å². The first-order chi connectivity index (χ1) is 9.59. The van der Waals surface area contributed by atoms with Crippen molar-refractivity contribution in [2.75, 3.05) is 12.3 Å². The number of aryl methyl sites for hydroxylation is 2. The first-order valence-electron chi connectivity index (χ1n) is 6.24. The van der Waals surface area contributed by atoms with Gasteiger partial charge >= 0.3 is 5.69 Å². The van der Waals surface area contributed by atoms with Crippen molar-refractivity contribution in [2.24, 2.45) is 0 Å². The second-order valence-electron chi connectivity index (χ2n) is 4.31. The normalized spacial score (nSPS) is 10.4. The summed E-state index contributed by atoms with van der Waals surface area (Å²) in [4.78, 5) is 10.3. The molecule has 7 nitrogen and oxygen atoms in total. The van der Waals surface area contributed by atoms with E-state index in [0.29, 0.717) is 25.3 Å². The highest BCUT2D eigenvalue weighted by molar-refractivity contribution is 5.55. The minimum absolute atomic E-state index is 0.0900. The van der Waals surface area contributed by atoms with Crippen LogP contribution in [0, 0.1) is 17.0 Å². The number of hydrogen-bond donors (Lipinski definition) is 1. The van der Waals surface area contributed by atoms with E-state index in [1.165, 1.54) is 4.68 Å². The van der Waals surface area contributed by atoms with Crippen LogP contribution in [0.1, 0.15) is 12.1 Å². The molecule has 7 heteroatoms. The Hall–Kier alpha value is -2.57. The Balaban J connectivity index is 1.89. The van der Waals surface area contributed by atoms with Gasteiger partial charge in [-0.1, -0.05) is 18.2 Å². The quantitative estimate of drug-likeness (QED) is 0.495. The number of anilines is 1. The molecule has 0 unspecified atom stereocenters. The van der Waals surface area contributed by atoms with E-state index in [1.54, 1.807) is 6.92 Å². The lowest BCUT2D eigenvalue weighted by atomic mass is 10.3. The minimum Gasteiger partial charge on any atom is -0.494 e. The molecule has 0 aliphatic rings. The van der Waals surface area contributed by atoms with Crippen molar-refractivity contribution in [3.63, 3.8) is 0 Å². The summed E-state index contributed by atoms with van der Waals surface area (Å²) in [6.45, 7) is 2.55. The van der Waals surface area contributed by atoms with Crippen LogP contribution in [0.4, 0.5) is 11.5 Å². The molecular weight excluding hydrogens is 260 g/mol. The van der Waals surface area contributed by atoms with Gasteiger partial charge in [0.2, 0.25) is 5.82 Å². The summed E-state index contributed by atoms with van der Waals surface area (Å²) < 4.78 is 6.98. The van der Waals surface area contributed by atoms with Gasteiger partial charge in [0, 0.05) is 13.0 Å². The van der Waals surface area contributed by atoms with Crippen molar-refractivity contribution >= 4 is 11.5 Å². The maximum Gasteiger partial charge on any atom is 0.333 e. The van der Waals surface area contributed by atoms with Gasteiger partial charge in [-0.05, 0) is 19.1 Å². The standard InChI is InChI=1S/C13H16N4O3/c1-10-12(17(18)19)13(14)16(15-10)8-5-9-20-11-6-3-2-4-7-11/h2-4,6-7H,5,8-9,14H2,1H3. The van der Waals surface area contributed by atoms with E-state index >= 15 is 0 Å². The molecule has 1 aromatic heterocycles. The van der Waals surface area contributed by atoms with Gasteiger partial charge in [-0.3, -0.25) is 10.1 Å². The smallest absolute Gasteiger partial charge is 0.333 e. The zero-order chi connectivity index (χ0) is 14.5. The van der Waals surface area contributed by atoms with Crippen LogP contribution in [0.2, 0.25) is 0 Å². The van der Waals surface area contributed by atoms with Crippen LogP contribution in [0.5, 0.6) is 5.75 Å². The monoisotopic (exact) mass is 276 g/mol. The van der Waals surface area contributed by atoms with E-state index in [-0.39, 0.29) is 11.5 Å². The Kier molecular flexibility index (Phi) is 4.19. The number of aromatic nitrogens is 2. The highest BCUT2D eigenvalue weighted by Crippen LogP contribution is 2.25. The van der Waals surface area contributed by atoms with Gasteiger partial charge < -0.3 is 10.5 Å². The Morgan fingerprint density at radius 1 is 1.40 bits per heavy atom. The Bertz CT molecular complexity index is 595. The number of benzene rings is 1. The molecule has 0 bridgehead atoms. The molecular formula is C13H16N4O3. The van der Waals surface area contributed by atoms with E-state index in [0.717, 1.165) is 5.75 Å². The van der Waals surface area contributed by atoms with Crippen LogP contribution < -0.4 is 10.5 Å². The average molecular weight is 276 g/mol. The number of para-hydroxylation sites is 1. The molecule has 2 aromatic rings. The van der Waals surface area contributed by atoms with E-state index in [9.17, 15) is 10.1 Å².